The van der Waals surface area contributed by atoms with Crippen molar-refractivity contribution in [1.29, 1.82) is 0 Å². The number of benzene rings is 7. The average molecular weight is 565 g/mol. The maximum atomic E-state index is 5.22. The summed E-state index contributed by atoms with van der Waals surface area (Å²) >= 11 is 1.87. The monoisotopic (exact) mass is 564 g/mol. The summed E-state index contributed by atoms with van der Waals surface area (Å²) < 4.78 is 2.66. The van der Waals surface area contributed by atoms with Crippen LogP contribution in [-0.2, 0) is 0 Å². The molecular formula is C40H24N2S. The summed E-state index contributed by atoms with van der Waals surface area (Å²) in [5, 5.41) is 7.32. The van der Waals surface area contributed by atoms with Crippen LogP contribution in [0.3, 0.4) is 0 Å². The predicted octanol–water partition coefficient (Wildman–Crippen LogP) is 11.3. The lowest BCUT2D eigenvalue weighted by Crippen LogP contribution is -1.92. The minimum absolute atomic E-state index is 0.876. The lowest BCUT2D eigenvalue weighted by molar-refractivity contribution is 1.31. The number of thiophene rings is 1. The van der Waals surface area contributed by atoms with Crippen molar-refractivity contribution in [1.82, 2.24) is 9.97 Å². The summed E-state index contributed by atoms with van der Waals surface area (Å²) in [4.78, 5) is 10.2. The number of aromatic nitrogens is 2. The normalized spacial score (nSPS) is 11.7. The molecular weight excluding hydrogens is 541 g/mol. The van der Waals surface area contributed by atoms with E-state index < -0.39 is 0 Å². The molecule has 9 aromatic rings. The fraction of sp³-hybridized carbons (Fsp3) is 0. The number of hydrogen-bond acceptors (Lipinski definition) is 3. The molecule has 0 saturated carbocycles. The van der Waals surface area contributed by atoms with E-state index in [1.165, 1.54) is 47.6 Å². The van der Waals surface area contributed by atoms with Crippen molar-refractivity contribution in [3.8, 4) is 33.5 Å². The van der Waals surface area contributed by atoms with Crippen LogP contribution in [0.2, 0.25) is 0 Å². The Bertz CT molecular complexity index is 2490. The van der Waals surface area contributed by atoms with Gasteiger partial charge in [0.1, 0.15) is 0 Å². The maximum absolute atomic E-state index is 5.22. The Balaban J connectivity index is 1.17. The number of nitrogens with zero attached hydrogens (tertiary/aromatic N) is 2. The zero-order valence-electron chi connectivity index (χ0n) is 23.2. The number of rotatable bonds is 3. The highest BCUT2D eigenvalue weighted by Crippen LogP contribution is 2.41. The molecule has 0 unspecified atom stereocenters. The van der Waals surface area contributed by atoms with E-state index in [2.05, 4.69) is 140 Å². The molecule has 0 saturated heterocycles. The topological polar surface area (TPSA) is 25.8 Å². The Hall–Kier alpha value is -5.38. The van der Waals surface area contributed by atoms with Gasteiger partial charge in [0.05, 0.1) is 22.9 Å². The van der Waals surface area contributed by atoms with Crippen LogP contribution in [0.15, 0.2) is 146 Å². The zero-order chi connectivity index (χ0) is 28.3. The van der Waals surface area contributed by atoms with Crippen molar-refractivity contribution in [2.45, 2.75) is 0 Å². The van der Waals surface area contributed by atoms with E-state index in [9.17, 15) is 0 Å². The molecule has 2 nitrogen and oxygen atoms in total. The molecule has 0 N–H and O–H groups in total. The van der Waals surface area contributed by atoms with E-state index >= 15 is 0 Å². The van der Waals surface area contributed by atoms with E-state index in [4.69, 9.17) is 9.97 Å². The zero-order valence-corrected chi connectivity index (χ0v) is 24.0. The third-order valence-electron chi connectivity index (χ3n) is 8.50. The molecule has 0 aliphatic carbocycles. The van der Waals surface area contributed by atoms with E-state index in [-0.39, 0.29) is 0 Å². The first kappa shape index (κ1) is 24.2. The third kappa shape index (κ3) is 3.86. The van der Waals surface area contributed by atoms with Gasteiger partial charge in [0.2, 0.25) is 0 Å². The van der Waals surface area contributed by atoms with Crippen LogP contribution in [-0.4, -0.2) is 9.97 Å². The van der Waals surface area contributed by atoms with Gasteiger partial charge in [-0.05, 0) is 51.2 Å². The predicted molar refractivity (Wildman–Crippen MR) is 184 cm³/mol. The fourth-order valence-corrected chi connectivity index (χ4v) is 7.70. The Labute approximate surface area is 252 Å². The highest BCUT2D eigenvalue weighted by molar-refractivity contribution is 7.26. The highest BCUT2D eigenvalue weighted by Gasteiger charge is 2.14. The molecule has 2 heterocycles. The summed E-state index contributed by atoms with van der Waals surface area (Å²) in [6, 6.07) is 49.9. The van der Waals surface area contributed by atoms with Gasteiger partial charge in [-0.3, -0.25) is 4.98 Å². The average Bonchev–Trinajstić information content (AvgIpc) is 3.47. The minimum Gasteiger partial charge on any atom is -0.252 e. The van der Waals surface area contributed by atoms with Gasteiger partial charge in [-0.2, -0.15) is 0 Å². The molecule has 0 radical (unpaired) electrons. The molecule has 9 rings (SSSR count). The van der Waals surface area contributed by atoms with Crippen molar-refractivity contribution < 1.29 is 0 Å². The second kappa shape index (κ2) is 9.59. The molecule has 0 amide bonds. The SMILES string of the molecule is c1cc(-c2cccc(-c3cccc4c3sc3ccccc34)c2)cc(-c2cnc3c4ccccc4c4ccccc4c3n2)c1. The van der Waals surface area contributed by atoms with Gasteiger partial charge in [-0.15, -0.1) is 11.3 Å². The van der Waals surface area contributed by atoms with Gasteiger partial charge in [-0.25, -0.2) is 4.98 Å². The van der Waals surface area contributed by atoms with Gasteiger partial charge in [0, 0.05) is 36.5 Å². The van der Waals surface area contributed by atoms with Crippen LogP contribution in [0.1, 0.15) is 0 Å². The molecule has 0 fully saturated rings. The first-order valence-electron chi connectivity index (χ1n) is 14.5. The maximum Gasteiger partial charge on any atom is 0.0979 e. The second-order valence-corrected chi connectivity index (χ2v) is 12.0. The molecule has 3 heteroatoms. The highest BCUT2D eigenvalue weighted by atomic mass is 32.1. The molecule has 0 aliphatic heterocycles. The van der Waals surface area contributed by atoms with Gasteiger partial charge >= 0.3 is 0 Å². The van der Waals surface area contributed by atoms with Crippen LogP contribution in [0.4, 0.5) is 0 Å². The number of hydrogen-bond donors (Lipinski definition) is 0. The fourth-order valence-electron chi connectivity index (χ4n) is 6.46. The van der Waals surface area contributed by atoms with Crippen molar-refractivity contribution in [2.24, 2.45) is 0 Å². The summed E-state index contributed by atoms with van der Waals surface area (Å²) in [6.45, 7) is 0. The molecule has 0 atom stereocenters. The van der Waals surface area contributed by atoms with Crippen molar-refractivity contribution in [2.75, 3.05) is 0 Å². The second-order valence-electron chi connectivity index (χ2n) is 11.0. The molecule has 43 heavy (non-hydrogen) atoms. The lowest BCUT2D eigenvalue weighted by Gasteiger charge is -2.11. The van der Waals surface area contributed by atoms with Crippen LogP contribution in [0, 0.1) is 0 Å². The summed E-state index contributed by atoms with van der Waals surface area (Å²) in [5.74, 6) is 0. The van der Waals surface area contributed by atoms with Crippen LogP contribution >= 0.6 is 11.3 Å². The van der Waals surface area contributed by atoms with Crippen molar-refractivity contribution >= 4 is 64.1 Å². The first-order chi connectivity index (χ1) is 21.3. The smallest absolute Gasteiger partial charge is 0.0979 e. The molecule has 0 bridgehead atoms. The molecule has 200 valence electrons. The first-order valence-corrected chi connectivity index (χ1v) is 15.3. The largest absolute Gasteiger partial charge is 0.252 e. The van der Waals surface area contributed by atoms with Crippen LogP contribution < -0.4 is 0 Å². The Morgan fingerprint density at radius 1 is 0.419 bits per heavy atom. The van der Waals surface area contributed by atoms with E-state index in [0.29, 0.717) is 0 Å². The number of fused-ring (bicyclic) bond motifs is 9. The summed E-state index contributed by atoms with van der Waals surface area (Å²) in [7, 11) is 0. The minimum atomic E-state index is 0.876. The molecule has 0 aliphatic rings. The Kier molecular flexibility index (Phi) is 5.40. The Morgan fingerprint density at radius 3 is 1.74 bits per heavy atom. The van der Waals surface area contributed by atoms with Crippen molar-refractivity contribution in [3.05, 3.63) is 146 Å². The van der Waals surface area contributed by atoms with E-state index in [0.717, 1.165) is 38.6 Å². The molecule has 0 spiro atoms. The van der Waals surface area contributed by atoms with E-state index in [1.54, 1.807) is 0 Å². The van der Waals surface area contributed by atoms with Crippen LogP contribution in [0.5, 0.6) is 0 Å². The third-order valence-corrected chi connectivity index (χ3v) is 9.72. The van der Waals surface area contributed by atoms with Gasteiger partial charge in [0.25, 0.3) is 0 Å². The Morgan fingerprint density at radius 2 is 0.977 bits per heavy atom. The van der Waals surface area contributed by atoms with Gasteiger partial charge < -0.3 is 0 Å². The summed E-state index contributed by atoms with van der Waals surface area (Å²) in [5.41, 5.74) is 8.66. The molecule has 2 aromatic heterocycles. The molecule has 7 aromatic carbocycles. The quantitative estimate of drug-likeness (QED) is 0.199. The van der Waals surface area contributed by atoms with Crippen LogP contribution in [0.25, 0.3) is 86.3 Å². The lowest BCUT2D eigenvalue weighted by atomic mass is 9.96. The summed E-state index contributed by atoms with van der Waals surface area (Å²) in [6.07, 6.45) is 1.92. The van der Waals surface area contributed by atoms with Gasteiger partial charge in [0.15, 0.2) is 0 Å². The van der Waals surface area contributed by atoms with E-state index in [1.807, 2.05) is 17.5 Å². The van der Waals surface area contributed by atoms with Gasteiger partial charge in [-0.1, -0.05) is 121 Å². The van der Waals surface area contributed by atoms with Crippen molar-refractivity contribution in [3.63, 3.8) is 0 Å². The standard InChI is InChI=1S/C40H24N2S/c1-3-17-33-30(14-1)31-15-2-4-18-34(31)39-38(33)41-24-36(42-39)28-13-8-11-26(23-28)25-10-7-12-27(22-25)29-19-9-20-35-32-16-5-6-21-37(32)43-40(29)35/h1-24H.